The normalized spacial score (nSPS) is 30.0. The highest BCUT2D eigenvalue weighted by Crippen LogP contribution is 2.25. The van der Waals surface area contributed by atoms with E-state index in [-0.39, 0.29) is 0 Å². The van der Waals surface area contributed by atoms with Gasteiger partial charge in [0.05, 0.1) is 12.0 Å². The van der Waals surface area contributed by atoms with Crippen LogP contribution in [0.4, 0.5) is 0 Å². The molecule has 2 atom stereocenters. The summed E-state index contributed by atoms with van der Waals surface area (Å²) >= 11 is 0. The first kappa shape index (κ1) is 12.1. The first-order valence-electron chi connectivity index (χ1n) is 7.21. The molecule has 2 saturated heterocycles. The largest absolute Gasteiger partial charge is 0.339 e. The SMILES string of the molecule is C1CCNC(c2noc(C3CCCNC3)n2)CC1. The summed E-state index contributed by atoms with van der Waals surface area (Å²) < 4.78 is 5.46. The maximum absolute atomic E-state index is 5.46. The minimum atomic E-state index is 0.293. The Balaban J connectivity index is 1.67. The molecule has 0 spiro atoms. The Morgan fingerprint density at radius 1 is 1.06 bits per heavy atom. The van der Waals surface area contributed by atoms with Crippen molar-refractivity contribution in [2.24, 2.45) is 0 Å². The molecule has 0 aromatic carbocycles. The molecule has 0 aliphatic carbocycles. The highest BCUT2D eigenvalue weighted by Gasteiger charge is 2.24. The molecule has 0 amide bonds. The number of piperidine rings is 1. The lowest BCUT2D eigenvalue weighted by molar-refractivity contribution is 0.317. The van der Waals surface area contributed by atoms with Crippen LogP contribution in [0.2, 0.25) is 0 Å². The van der Waals surface area contributed by atoms with Crippen LogP contribution >= 0.6 is 0 Å². The Morgan fingerprint density at radius 2 is 2.06 bits per heavy atom. The average molecular weight is 250 g/mol. The van der Waals surface area contributed by atoms with E-state index in [4.69, 9.17) is 4.52 Å². The van der Waals surface area contributed by atoms with E-state index in [0.717, 1.165) is 44.2 Å². The van der Waals surface area contributed by atoms with E-state index < -0.39 is 0 Å². The Bertz CT molecular complexity index is 365. The van der Waals surface area contributed by atoms with Gasteiger partial charge in [0.15, 0.2) is 5.82 Å². The lowest BCUT2D eigenvalue weighted by atomic mass is 10.00. The number of nitrogens with zero attached hydrogens (tertiary/aromatic N) is 2. The van der Waals surface area contributed by atoms with Crippen LogP contribution in [0.1, 0.15) is 62.2 Å². The zero-order valence-corrected chi connectivity index (χ0v) is 10.8. The molecular weight excluding hydrogens is 228 g/mol. The summed E-state index contributed by atoms with van der Waals surface area (Å²) in [5.41, 5.74) is 0. The quantitative estimate of drug-likeness (QED) is 0.837. The molecule has 2 fully saturated rings. The van der Waals surface area contributed by atoms with Gasteiger partial charge >= 0.3 is 0 Å². The van der Waals surface area contributed by atoms with E-state index in [1.165, 1.54) is 25.7 Å². The van der Waals surface area contributed by atoms with Crippen LogP contribution in [-0.2, 0) is 0 Å². The number of hydrogen-bond acceptors (Lipinski definition) is 5. The second kappa shape index (κ2) is 5.80. The van der Waals surface area contributed by atoms with Gasteiger partial charge in [-0.1, -0.05) is 18.0 Å². The third kappa shape index (κ3) is 2.72. The maximum Gasteiger partial charge on any atom is 0.231 e. The average Bonchev–Trinajstić information content (AvgIpc) is 2.76. The van der Waals surface area contributed by atoms with Crippen LogP contribution in [0.5, 0.6) is 0 Å². The van der Waals surface area contributed by atoms with Crippen molar-refractivity contribution in [2.75, 3.05) is 19.6 Å². The Hall–Kier alpha value is -0.940. The van der Waals surface area contributed by atoms with E-state index in [1.807, 2.05) is 0 Å². The number of nitrogens with one attached hydrogen (secondary N) is 2. The first-order valence-corrected chi connectivity index (χ1v) is 7.21. The summed E-state index contributed by atoms with van der Waals surface area (Å²) in [5.74, 6) is 2.09. The van der Waals surface area contributed by atoms with Gasteiger partial charge in [-0.05, 0) is 38.8 Å². The van der Waals surface area contributed by atoms with Gasteiger partial charge in [-0.15, -0.1) is 0 Å². The number of rotatable bonds is 2. The molecule has 18 heavy (non-hydrogen) atoms. The minimum absolute atomic E-state index is 0.293. The van der Waals surface area contributed by atoms with E-state index in [1.54, 1.807) is 0 Å². The standard InChI is InChI=1S/C13H22N4O/c1-2-6-11(15-8-3-1)12-16-13(18-17-12)10-5-4-7-14-9-10/h10-11,14-15H,1-9H2. The second-order valence-electron chi connectivity index (χ2n) is 5.39. The van der Waals surface area contributed by atoms with Crippen LogP contribution in [0, 0.1) is 0 Å². The summed E-state index contributed by atoms with van der Waals surface area (Å²) in [6, 6.07) is 0.293. The molecule has 2 aliphatic heterocycles. The van der Waals surface area contributed by atoms with Crippen LogP contribution < -0.4 is 10.6 Å². The highest BCUT2D eigenvalue weighted by molar-refractivity contribution is 5.00. The summed E-state index contributed by atoms with van der Waals surface area (Å²) in [6.07, 6.45) is 7.31. The third-order valence-electron chi connectivity index (χ3n) is 3.98. The molecule has 5 heteroatoms. The van der Waals surface area contributed by atoms with Gasteiger partial charge < -0.3 is 15.2 Å². The molecule has 2 unspecified atom stereocenters. The molecule has 0 radical (unpaired) electrons. The van der Waals surface area contributed by atoms with Crippen LogP contribution in [0.15, 0.2) is 4.52 Å². The summed E-state index contributed by atoms with van der Waals surface area (Å²) in [4.78, 5) is 4.62. The van der Waals surface area contributed by atoms with Crippen molar-refractivity contribution < 1.29 is 4.52 Å². The monoisotopic (exact) mass is 250 g/mol. The summed E-state index contributed by atoms with van der Waals surface area (Å²) in [7, 11) is 0. The van der Waals surface area contributed by atoms with Crippen LogP contribution in [0.3, 0.4) is 0 Å². The van der Waals surface area contributed by atoms with Gasteiger partial charge in [0.2, 0.25) is 5.89 Å². The van der Waals surface area contributed by atoms with Crippen molar-refractivity contribution in [3.63, 3.8) is 0 Å². The Morgan fingerprint density at radius 3 is 2.94 bits per heavy atom. The molecule has 0 bridgehead atoms. The zero-order valence-electron chi connectivity index (χ0n) is 10.8. The predicted octanol–water partition coefficient (Wildman–Crippen LogP) is 1.74. The fourth-order valence-electron chi connectivity index (χ4n) is 2.87. The molecule has 3 rings (SSSR count). The smallest absolute Gasteiger partial charge is 0.231 e. The van der Waals surface area contributed by atoms with Crippen molar-refractivity contribution in [1.82, 2.24) is 20.8 Å². The fraction of sp³-hybridized carbons (Fsp3) is 0.846. The Labute approximate surface area is 108 Å². The van der Waals surface area contributed by atoms with Gasteiger partial charge in [-0.25, -0.2) is 0 Å². The molecule has 2 aliphatic rings. The molecule has 1 aromatic heterocycles. The van der Waals surface area contributed by atoms with E-state index in [9.17, 15) is 0 Å². The molecule has 5 nitrogen and oxygen atoms in total. The van der Waals surface area contributed by atoms with E-state index in [0.29, 0.717) is 12.0 Å². The number of hydrogen-bond donors (Lipinski definition) is 2. The van der Waals surface area contributed by atoms with Crippen molar-refractivity contribution in [3.05, 3.63) is 11.7 Å². The minimum Gasteiger partial charge on any atom is -0.339 e. The predicted molar refractivity (Wildman–Crippen MR) is 68.4 cm³/mol. The highest BCUT2D eigenvalue weighted by atomic mass is 16.5. The number of aromatic nitrogens is 2. The van der Waals surface area contributed by atoms with Crippen molar-refractivity contribution in [1.29, 1.82) is 0 Å². The fourth-order valence-corrected chi connectivity index (χ4v) is 2.87. The third-order valence-corrected chi connectivity index (χ3v) is 3.98. The topological polar surface area (TPSA) is 63.0 Å². The van der Waals surface area contributed by atoms with E-state index in [2.05, 4.69) is 20.8 Å². The molecule has 1 aromatic rings. The van der Waals surface area contributed by atoms with Gasteiger partial charge in [0.1, 0.15) is 0 Å². The van der Waals surface area contributed by atoms with Gasteiger partial charge in [-0.3, -0.25) is 0 Å². The molecule has 3 heterocycles. The first-order chi connectivity index (χ1) is 8.93. The van der Waals surface area contributed by atoms with Crippen molar-refractivity contribution >= 4 is 0 Å². The molecule has 0 saturated carbocycles. The molecule has 2 N–H and O–H groups in total. The van der Waals surface area contributed by atoms with Crippen molar-refractivity contribution in [2.45, 2.75) is 50.5 Å². The van der Waals surface area contributed by atoms with Crippen LogP contribution in [-0.4, -0.2) is 29.8 Å². The summed E-state index contributed by atoms with van der Waals surface area (Å²) in [5, 5.41) is 11.1. The maximum atomic E-state index is 5.46. The zero-order chi connectivity index (χ0) is 12.2. The summed E-state index contributed by atoms with van der Waals surface area (Å²) in [6.45, 7) is 3.15. The lowest BCUT2D eigenvalue weighted by Gasteiger charge is -2.18. The van der Waals surface area contributed by atoms with Gasteiger partial charge in [0, 0.05) is 6.54 Å². The van der Waals surface area contributed by atoms with E-state index >= 15 is 0 Å². The molecular formula is C13H22N4O. The van der Waals surface area contributed by atoms with Gasteiger partial charge in [0.25, 0.3) is 0 Å². The van der Waals surface area contributed by atoms with Crippen LogP contribution in [0.25, 0.3) is 0 Å². The van der Waals surface area contributed by atoms with Gasteiger partial charge in [-0.2, -0.15) is 4.98 Å². The lowest BCUT2D eigenvalue weighted by Crippen LogP contribution is -2.28. The molecule has 100 valence electrons. The Kier molecular flexibility index (Phi) is 3.90. The van der Waals surface area contributed by atoms with Crippen molar-refractivity contribution in [3.8, 4) is 0 Å². The second-order valence-corrected chi connectivity index (χ2v) is 5.39.